The largest absolute Gasteiger partial charge is 0.489 e. The first-order chi connectivity index (χ1) is 14.5. The Morgan fingerprint density at radius 2 is 2.10 bits per heavy atom. The SMILES string of the molecule is C=CCOc1ccccc1[C@@H]1CC(=O)Nc2c1sc(C(=O)O)c2-c1cccc(F)c1. The Labute approximate surface area is 176 Å². The third kappa shape index (κ3) is 3.59. The number of carboxylic acids is 1. The summed E-state index contributed by atoms with van der Waals surface area (Å²) < 4.78 is 19.6. The van der Waals surface area contributed by atoms with Gasteiger partial charge in [0, 0.05) is 28.3 Å². The van der Waals surface area contributed by atoms with Gasteiger partial charge in [-0.2, -0.15) is 0 Å². The van der Waals surface area contributed by atoms with E-state index in [0.29, 0.717) is 34.0 Å². The maximum absolute atomic E-state index is 13.9. The Kier molecular flexibility index (Phi) is 5.37. The number of carbonyl (C=O) groups excluding carboxylic acids is 1. The first-order valence-electron chi connectivity index (χ1n) is 9.28. The van der Waals surface area contributed by atoms with E-state index < -0.39 is 11.8 Å². The second-order valence-corrected chi connectivity index (χ2v) is 7.86. The van der Waals surface area contributed by atoms with Crippen LogP contribution in [0, 0.1) is 5.82 Å². The third-order valence-electron chi connectivity index (χ3n) is 4.86. The second-order valence-electron chi connectivity index (χ2n) is 6.80. The molecule has 1 atom stereocenters. The fourth-order valence-electron chi connectivity index (χ4n) is 3.66. The smallest absolute Gasteiger partial charge is 0.346 e. The van der Waals surface area contributed by atoms with Gasteiger partial charge in [0.2, 0.25) is 5.91 Å². The summed E-state index contributed by atoms with van der Waals surface area (Å²) in [6, 6.07) is 13.1. The molecule has 0 aliphatic carbocycles. The van der Waals surface area contributed by atoms with Gasteiger partial charge in [-0.3, -0.25) is 4.79 Å². The van der Waals surface area contributed by atoms with Crippen molar-refractivity contribution in [1.82, 2.24) is 0 Å². The number of carboxylic acid groups (broad SMARTS) is 1. The lowest BCUT2D eigenvalue weighted by Crippen LogP contribution is -2.23. The molecule has 0 saturated heterocycles. The summed E-state index contributed by atoms with van der Waals surface area (Å²) in [7, 11) is 0. The summed E-state index contributed by atoms with van der Waals surface area (Å²) >= 11 is 1.10. The highest BCUT2D eigenvalue weighted by molar-refractivity contribution is 7.15. The van der Waals surface area contributed by atoms with E-state index in [4.69, 9.17) is 4.74 Å². The van der Waals surface area contributed by atoms with Gasteiger partial charge in [0.15, 0.2) is 0 Å². The average molecular weight is 423 g/mol. The summed E-state index contributed by atoms with van der Waals surface area (Å²) in [5.74, 6) is -1.61. The third-order valence-corrected chi connectivity index (χ3v) is 6.16. The highest BCUT2D eigenvalue weighted by Crippen LogP contribution is 2.50. The molecule has 1 aliphatic heterocycles. The second kappa shape index (κ2) is 8.12. The molecule has 1 aliphatic rings. The van der Waals surface area contributed by atoms with E-state index in [1.54, 1.807) is 12.1 Å². The number of para-hydroxylation sites is 1. The predicted molar refractivity (Wildman–Crippen MR) is 114 cm³/mol. The molecule has 152 valence electrons. The maximum Gasteiger partial charge on any atom is 0.346 e. The fourth-order valence-corrected chi connectivity index (χ4v) is 4.89. The minimum Gasteiger partial charge on any atom is -0.489 e. The number of carbonyl (C=O) groups is 2. The van der Waals surface area contributed by atoms with Crippen molar-refractivity contribution in [2.24, 2.45) is 0 Å². The Hall–Kier alpha value is -3.45. The van der Waals surface area contributed by atoms with Crippen LogP contribution in [-0.4, -0.2) is 23.6 Å². The molecule has 2 N–H and O–H groups in total. The molecule has 7 heteroatoms. The highest BCUT2D eigenvalue weighted by atomic mass is 32.1. The van der Waals surface area contributed by atoms with Gasteiger partial charge in [-0.25, -0.2) is 9.18 Å². The predicted octanol–water partition coefficient (Wildman–Crippen LogP) is 5.29. The van der Waals surface area contributed by atoms with Crippen molar-refractivity contribution < 1.29 is 23.8 Å². The van der Waals surface area contributed by atoms with Crippen LogP contribution in [0.15, 0.2) is 61.2 Å². The van der Waals surface area contributed by atoms with Crippen molar-refractivity contribution in [1.29, 1.82) is 0 Å². The molecule has 2 aromatic carbocycles. The number of halogens is 1. The van der Waals surface area contributed by atoms with Gasteiger partial charge < -0.3 is 15.2 Å². The number of aromatic carboxylic acids is 1. The number of thiophene rings is 1. The monoisotopic (exact) mass is 423 g/mol. The number of fused-ring (bicyclic) bond motifs is 1. The molecule has 0 spiro atoms. The lowest BCUT2D eigenvalue weighted by Gasteiger charge is -2.25. The van der Waals surface area contributed by atoms with Gasteiger partial charge in [0.05, 0.1) is 5.69 Å². The standard InChI is InChI=1S/C23H18FNO4S/c1-2-10-29-17-9-4-3-8-15(17)16-12-18(26)25-20-19(13-6-5-7-14(24)11-13)22(23(27)28)30-21(16)20/h2-9,11,16H,1,10,12H2,(H,25,26)(H,27,28)/t16-/m0/s1. The summed E-state index contributed by atoms with van der Waals surface area (Å²) in [5, 5.41) is 12.6. The summed E-state index contributed by atoms with van der Waals surface area (Å²) in [4.78, 5) is 25.3. The molecule has 5 nitrogen and oxygen atoms in total. The normalized spacial score (nSPS) is 15.2. The lowest BCUT2D eigenvalue weighted by molar-refractivity contribution is -0.116. The maximum atomic E-state index is 13.9. The fraction of sp³-hybridized carbons (Fsp3) is 0.130. The van der Waals surface area contributed by atoms with E-state index in [1.165, 1.54) is 18.2 Å². The van der Waals surface area contributed by atoms with Crippen LogP contribution in [0.4, 0.5) is 10.1 Å². The Morgan fingerprint density at radius 3 is 2.83 bits per heavy atom. The number of nitrogens with one attached hydrogen (secondary N) is 1. The summed E-state index contributed by atoms with van der Waals surface area (Å²) in [6.45, 7) is 3.97. The van der Waals surface area contributed by atoms with Crippen LogP contribution >= 0.6 is 11.3 Å². The molecule has 0 saturated carbocycles. The van der Waals surface area contributed by atoms with Crippen LogP contribution in [0.25, 0.3) is 11.1 Å². The first-order valence-corrected chi connectivity index (χ1v) is 10.1. The highest BCUT2D eigenvalue weighted by Gasteiger charge is 2.35. The number of amides is 1. The molecule has 3 aromatic rings. The van der Waals surface area contributed by atoms with E-state index in [0.717, 1.165) is 16.9 Å². The molecular formula is C23H18FNO4S. The molecule has 0 fully saturated rings. The van der Waals surface area contributed by atoms with Crippen molar-refractivity contribution in [2.45, 2.75) is 12.3 Å². The summed E-state index contributed by atoms with van der Waals surface area (Å²) in [6.07, 6.45) is 1.79. The number of hydrogen-bond acceptors (Lipinski definition) is 4. The number of ether oxygens (including phenoxy) is 1. The zero-order valence-corrected chi connectivity index (χ0v) is 16.7. The first kappa shape index (κ1) is 19.8. The van der Waals surface area contributed by atoms with E-state index in [2.05, 4.69) is 11.9 Å². The minimum atomic E-state index is -1.13. The van der Waals surface area contributed by atoms with E-state index in [1.807, 2.05) is 24.3 Å². The van der Waals surface area contributed by atoms with Gasteiger partial charge in [0.1, 0.15) is 23.1 Å². The van der Waals surface area contributed by atoms with Crippen LogP contribution < -0.4 is 10.1 Å². The average Bonchev–Trinajstić information content (AvgIpc) is 3.11. The molecular weight excluding hydrogens is 405 g/mol. The number of hydrogen-bond donors (Lipinski definition) is 2. The molecule has 0 radical (unpaired) electrons. The van der Waals surface area contributed by atoms with Crippen LogP contribution in [0.1, 0.15) is 32.5 Å². The molecule has 0 unspecified atom stereocenters. The molecule has 1 amide bonds. The van der Waals surface area contributed by atoms with Crippen LogP contribution in [-0.2, 0) is 4.79 Å². The van der Waals surface area contributed by atoms with Gasteiger partial charge >= 0.3 is 5.97 Å². The Balaban J connectivity index is 1.91. The van der Waals surface area contributed by atoms with Crippen molar-refractivity contribution in [3.8, 4) is 16.9 Å². The zero-order valence-electron chi connectivity index (χ0n) is 15.9. The zero-order chi connectivity index (χ0) is 21.3. The van der Waals surface area contributed by atoms with Gasteiger partial charge in [-0.05, 0) is 23.8 Å². The van der Waals surface area contributed by atoms with Crippen molar-refractivity contribution in [2.75, 3.05) is 11.9 Å². The van der Waals surface area contributed by atoms with E-state index >= 15 is 0 Å². The number of benzene rings is 2. The number of rotatable bonds is 6. The van der Waals surface area contributed by atoms with Crippen molar-refractivity contribution in [3.05, 3.63) is 82.3 Å². The molecule has 1 aromatic heterocycles. The molecule has 2 heterocycles. The van der Waals surface area contributed by atoms with Crippen LogP contribution in [0.5, 0.6) is 5.75 Å². The topological polar surface area (TPSA) is 75.6 Å². The molecule has 0 bridgehead atoms. The van der Waals surface area contributed by atoms with Crippen molar-refractivity contribution >= 4 is 28.9 Å². The minimum absolute atomic E-state index is 0.0577. The van der Waals surface area contributed by atoms with E-state index in [9.17, 15) is 19.1 Å². The van der Waals surface area contributed by atoms with Crippen molar-refractivity contribution in [3.63, 3.8) is 0 Å². The Bertz CT molecular complexity index is 1150. The summed E-state index contributed by atoms with van der Waals surface area (Å²) in [5.41, 5.74) is 1.94. The van der Waals surface area contributed by atoms with E-state index in [-0.39, 0.29) is 23.1 Å². The Morgan fingerprint density at radius 1 is 1.30 bits per heavy atom. The molecule has 30 heavy (non-hydrogen) atoms. The lowest BCUT2D eigenvalue weighted by atomic mass is 9.88. The molecule has 4 rings (SSSR count). The van der Waals surface area contributed by atoms with Gasteiger partial charge in [0.25, 0.3) is 0 Å². The number of anilines is 1. The van der Waals surface area contributed by atoms with Gasteiger partial charge in [-0.15, -0.1) is 11.3 Å². The quantitative estimate of drug-likeness (QED) is 0.528. The van der Waals surface area contributed by atoms with Gasteiger partial charge in [-0.1, -0.05) is 43.0 Å². The van der Waals surface area contributed by atoms with Crippen LogP contribution in [0.2, 0.25) is 0 Å². The van der Waals surface area contributed by atoms with Crippen LogP contribution in [0.3, 0.4) is 0 Å².